The van der Waals surface area contributed by atoms with Crippen molar-refractivity contribution in [2.75, 3.05) is 37.8 Å². The van der Waals surface area contributed by atoms with Gasteiger partial charge in [-0.05, 0) is 0 Å². The van der Waals surface area contributed by atoms with Crippen LogP contribution in [-0.4, -0.2) is 138 Å². The molecule has 340 valence electrons. The molecule has 0 spiro atoms. The standard InChI is InChI=1S/C29H44N9O19P3S/c1-29(2,23(43)26(44)33-5-3-19(41)32-6-8-61-28(45)15(30)9-37-7-4-16(39)17(40)10-37)12-54-60(51,52)57-59(49,50)53-11-18-22(56-58(46,47)48)21(42)27(55-18)38-14-36-20-24(31)34-13-35-25(20)38/h4,7,10,13-15,18,21-23,27,40,42-43H,3,5-6,8-9,11-12,30H2,1-2H3,(H,32,41)(H,33,44)(H,49,50)(H,51,52)(H2,31,34,35)(H2,46,47,48)/t15-,18?,21?,22?,23?,27?/m0/s1. The average Bonchev–Trinajstić information content (AvgIpc) is 3.72. The Morgan fingerprint density at radius 1 is 1.07 bits per heavy atom. The van der Waals surface area contributed by atoms with Crippen LogP contribution in [0.3, 0.4) is 0 Å². The quantitative estimate of drug-likeness (QED) is 0.0368. The Morgan fingerprint density at radius 3 is 2.43 bits per heavy atom. The molecule has 0 radical (unpaired) electrons. The maximum absolute atomic E-state index is 12.7. The molecular weight excluding hydrogens is 903 g/mol. The zero-order chi connectivity index (χ0) is 45.5. The Bertz CT molecular complexity index is 2260. The third kappa shape index (κ3) is 14.4. The molecule has 8 atom stereocenters. The number of phosphoric acid groups is 3. The number of pyridine rings is 1. The van der Waals surface area contributed by atoms with Gasteiger partial charge in [0.2, 0.25) is 22.4 Å². The molecule has 0 bridgehead atoms. The molecule has 61 heavy (non-hydrogen) atoms. The van der Waals surface area contributed by atoms with Gasteiger partial charge in [0.15, 0.2) is 23.4 Å². The van der Waals surface area contributed by atoms with Crippen LogP contribution in [0.2, 0.25) is 0 Å². The molecule has 3 aromatic rings. The maximum Gasteiger partial charge on any atom is 0.481 e. The number of nitrogens with zero attached hydrogens (tertiary/aromatic N) is 5. The van der Waals surface area contributed by atoms with E-state index in [9.17, 15) is 67.8 Å². The first-order chi connectivity index (χ1) is 28.3. The molecule has 32 heteroatoms. The highest BCUT2D eigenvalue weighted by atomic mass is 32.2. The number of rotatable bonds is 22. The number of aliphatic hydroxyl groups excluding tert-OH is 2. The van der Waals surface area contributed by atoms with Crippen LogP contribution in [-0.2, 0) is 57.2 Å². The fourth-order valence-corrected chi connectivity index (χ4v) is 8.84. The van der Waals surface area contributed by atoms with E-state index in [1.807, 2.05) is 0 Å². The lowest BCUT2D eigenvalue weighted by molar-refractivity contribution is -0.137. The number of aromatic hydroxyl groups is 1. The van der Waals surface area contributed by atoms with Gasteiger partial charge in [-0.1, -0.05) is 25.6 Å². The van der Waals surface area contributed by atoms with Gasteiger partial charge in [0.25, 0.3) is 0 Å². The summed E-state index contributed by atoms with van der Waals surface area (Å²) in [4.78, 5) is 99.4. The number of amides is 2. The molecule has 4 heterocycles. The number of anilines is 1. The summed E-state index contributed by atoms with van der Waals surface area (Å²) in [6.45, 7) is 0.143. The number of thioether (sulfide) groups is 1. The Balaban J connectivity index is 1.20. The molecule has 3 aromatic heterocycles. The van der Waals surface area contributed by atoms with Crippen LogP contribution in [0.1, 0.15) is 26.5 Å². The van der Waals surface area contributed by atoms with Gasteiger partial charge in [-0.15, -0.1) is 0 Å². The first-order valence-corrected chi connectivity index (χ1v) is 23.0. The molecule has 7 unspecified atom stereocenters. The number of hydrogen-bond donors (Lipinski definition) is 11. The van der Waals surface area contributed by atoms with E-state index < -0.39 is 107 Å². The SMILES string of the molecule is CC(C)(COP(=O)(O)OP(=O)(O)OCC1OC(n2cnc3c(N)ncnc32)C(O)C1OP(=O)(O)O)C(O)C(=O)NCCC(=O)NCCSC(=O)[C@@H](N)Cn1ccc(=O)c(O)c1. The summed E-state index contributed by atoms with van der Waals surface area (Å²) >= 11 is 0.842. The topological polar surface area (TPSA) is 432 Å². The first kappa shape index (κ1) is 49.9. The second-order valence-electron chi connectivity index (χ2n) is 13.7. The summed E-state index contributed by atoms with van der Waals surface area (Å²) in [5, 5.41) is 35.4. The molecule has 1 fully saturated rings. The summed E-state index contributed by atoms with van der Waals surface area (Å²) in [6.07, 6.45) is -4.64. The highest BCUT2D eigenvalue weighted by molar-refractivity contribution is 8.13. The smallest absolute Gasteiger partial charge is 0.481 e. The molecule has 1 aliphatic rings. The van der Waals surface area contributed by atoms with Crippen molar-refractivity contribution in [3.05, 3.63) is 41.3 Å². The summed E-state index contributed by atoms with van der Waals surface area (Å²) in [5.41, 5.74) is 9.47. The van der Waals surface area contributed by atoms with Gasteiger partial charge in [0, 0.05) is 55.7 Å². The Hall–Kier alpha value is -3.73. The van der Waals surface area contributed by atoms with Crippen molar-refractivity contribution in [1.29, 1.82) is 0 Å². The van der Waals surface area contributed by atoms with Gasteiger partial charge < -0.3 is 66.3 Å². The molecule has 13 N–H and O–H groups in total. The van der Waals surface area contributed by atoms with E-state index in [1.165, 1.54) is 24.6 Å². The number of nitrogen functional groups attached to an aromatic ring is 1. The van der Waals surface area contributed by atoms with Gasteiger partial charge in [-0.25, -0.2) is 28.6 Å². The van der Waals surface area contributed by atoms with E-state index >= 15 is 0 Å². The number of carbonyl (C=O) groups is 3. The van der Waals surface area contributed by atoms with Gasteiger partial charge >= 0.3 is 23.5 Å². The Morgan fingerprint density at radius 2 is 1.75 bits per heavy atom. The molecule has 1 saturated heterocycles. The predicted molar refractivity (Wildman–Crippen MR) is 207 cm³/mol. The van der Waals surface area contributed by atoms with Crippen LogP contribution in [0.5, 0.6) is 5.75 Å². The van der Waals surface area contributed by atoms with Crippen LogP contribution < -0.4 is 27.5 Å². The highest BCUT2D eigenvalue weighted by Gasteiger charge is 2.50. The zero-order valence-corrected chi connectivity index (χ0v) is 35.5. The predicted octanol–water partition coefficient (Wildman–Crippen LogP) is -2.44. The molecular formula is C29H44N9O19P3S. The number of imidazole rings is 1. The lowest BCUT2D eigenvalue weighted by Crippen LogP contribution is -2.46. The zero-order valence-electron chi connectivity index (χ0n) is 32.0. The first-order valence-electron chi connectivity index (χ1n) is 17.5. The fourth-order valence-electron chi connectivity index (χ4n) is 5.32. The van der Waals surface area contributed by atoms with Crippen molar-refractivity contribution in [1.82, 2.24) is 34.7 Å². The Labute approximate surface area is 348 Å². The number of aliphatic hydroxyl groups is 2. The van der Waals surface area contributed by atoms with E-state index in [2.05, 4.69) is 34.4 Å². The van der Waals surface area contributed by atoms with E-state index in [0.717, 1.165) is 41.2 Å². The van der Waals surface area contributed by atoms with Gasteiger partial charge in [0.05, 0.1) is 25.6 Å². The van der Waals surface area contributed by atoms with E-state index in [1.54, 1.807) is 0 Å². The van der Waals surface area contributed by atoms with Gasteiger partial charge in [-0.3, -0.25) is 37.3 Å². The van der Waals surface area contributed by atoms with Crippen LogP contribution >= 0.6 is 35.2 Å². The van der Waals surface area contributed by atoms with Crippen LogP contribution in [0.25, 0.3) is 11.2 Å². The van der Waals surface area contributed by atoms with Crippen molar-refractivity contribution >= 4 is 69.1 Å². The van der Waals surface area contributed by atoms with Crippen molar-refractivity contribution in [3.8, 4) is 5.75 Å². The number of aromatic nitrogens is 5. The molecule has 1 aliphatic heterocycles. The van der Waals surface area contributed by atoms with Gasteiger partial charge in [-0.2, -0.15) is 4.31 Å². The fraction of sp³-hybridized carbons (Fsp3) is 0.552. The number of phosphoric ester groups is 3. The number of nitrogens with two attached hydrogens (primary N) is 2. The number of carbonyl (C=O) groups excluding carboxylic acids is 3. The third-order valence-corrected chi connectivity index (χ3v) is 12.5. The molecule has 0 aromatic carbocycles. The minimum absolute atomic E-state index is 0.0103. The summed E-state index contributed by atoms with van der Waals surface area (Å²) < 4.78 is 63.5. The maximum atomic E-state index is 12.7. The molecule has 4 rings (SSSR count). The third-order valence-electron chi connectivity index (χ3n) is 8.41. The largest absolute Gasteiger partial charge is 0.503 e. The van der Waals surface area contributed by atoms with Crippen molar-refractivity contribution in [2.24, 2.45) is 11.1 Å². The average molecular weight is 948 g/mol. The Kier molecular flexibility index (Phi) is 16.9. The summed E-state index contributed by atoms with van der Waals surface area (Å²) in [6, 6.07) is 0.146. The number of ether oxygens (including phenoxy) is 1. The van der Waals surface area contributed by atoms with Crippen LogP contribution in [0.15, 0.2) is 35.9 Å². The van der Waals surface area contributed by atoms with E-state index in [-0.39, 0.29) is 48.8 Å². The number of nitrogens with one attached hydrogen (secondary N) is 2. The summed E-state index contributed by atoms with van der Waals surface area (Å²) in [7, 11) is -16.5. The number of fused-ring (bicyclic) bond motifs is 1. The molecule has 0 saturated carbocycles. The minimum Gasteiger partial charge on any atom is -0.503 e. The van der Waals surface area contributed by atoms with Gasteiger partial charge in [0.1, 0.15) is 36.3 Å². The second-order valence-corrected chi connectivity index (χ2v) is 19.1. The van der Waals surface area contributed by atoms with Crippen molar-refractivity contribution in [3.63, 3.8) is 0 Å². The van der Waals surface area contributed by atoms with Crippen LogP contribution in [0, 0.1) is 5.41 Å². The van der Waals surface area contributed by atoms with Crippen molar-refractivity contribution in [2.45, 2.75) is 63.5 Å². The van der Waals surface area contributed by atoms with Crippen molar-refractivity contribution < 1.29 is 85.6 Å². The monoisotopic (exact) mass is 947 g/mol. The van der Waals surface area contributed by atoms with E-state index in [0.29, 0.717) is 0 Å². The molecule has 2 amide bonds. The normalized spacial score (nSPS) is 21.3. The second kappa shape index (κ2) is 20.6. The lowest BCUT2D eigenvalue weighted by atomic mass is 9.87. The van der Waals surface area contributed by atoms with E-state index in [4.69, 9.17) is 25.3 Å². The number of hydrogen-bond acceptors (Lipinski definition) is 21. The van der Waals surface area contributed by atoms with Crippen LogP contribution in [0.4, 0.5) is 5.82 Å². The minimum atomic E-state index is -5.60. The highest BCUT2D eigenvalue weighted by Crippen LogP contribution is 2.61. The summed E-state index contributed by atoms with van der Waals surface area (Å²) in [5.74, 6) is -1.96. The molecule has 28 nitrogen and oxygen atoms in total. The molecule has 0 aliphatic carbocycles. The lowest BCUT2D eigenvalue weighted by Gasteiger charge is -2.30.